The lowest BCUT2D eigenvalue weighted by Crippen LogP contribution is -2.49. The van der Waals surface area contributed by atoms with Gasteiger partial charge in [-0.15, -0.1) is 0 Å². The van der Waals surface area contributed by atoms with Gasteiger partial charge in [0.1, 0.15) is 15.8 Å². The predicted molar refractivity (Wildman–Crippen MR) is 179 cm³/mol. The highest BCUT2D eigenvalue weighted by Crippen LogP contribution is 2.34. The Morgan fingerprint density at radius 2 is 1.63 bits per heavy atom. The molecular formula is C32H45N5O4S2. The van der Waals surface area contributed by atoms with E-state index < -0.39 is 0 Å². The van der Waals surface area contributed by atoms with Crippen LogP contribution in [0.25, 0.3) is 11.7 Å². The second kappa shape index (κ2) is 16.2. The molecule has 0 aliphatic carbocycles. The van der Waals surface area contributed by atoms with Crippen molar-refractivity contribution in [2.75, 3.05) is 44.2 Å². The maximum absolute atomic E-state index is 13.8. The molecule has 4 rings (SSSR count). The molecule has 0 unspecified atom stereocenters. The van der Waals surface area contributed by atoms with Gasteiger partial charge in [0.2, 0.25) is 0 Å². The Morgan fingerprint density at radius 3 is 2.28 bits per heavy atom. The molecule has 9 nitrogen and oxygen atoms in total. The van der Waals surface area contributed by atoms with Crippen LogP contribution in [0.4, 0.5) is 10.6 Å². The van der Waals surface area contributed by atoms with Crippen LogP contribution in [0.2, 0.25) is 0 Å². The molecule has 0 radical (unpaired) electrons. The van der Waals surface area contributed by atoms with Crippen LogP contribution in [0.5, 0.6) is 0 Å². The van der Waals surface area contributed by atoms with Gasteiger partial charge in [-0.05, 0) is 38.0 Å². The number of thioether (sulfide) groups is 1. The Morgan fingerprint density at radius 1 is 0.977 bits per heavy atom. The average molecular weight is 628 g/mol. The summed E-state index contributed by atoms with van der Waals surface area (Å²) in [5.74, 6) is 0.357. The summed E-state index contributed by atoms with van der Waals surface area (Å²) in [5, 5.41) is 0. The zero-order valence-electron chi connectivity index (χ0n) is 25.8. The van der Waals surface area contributed by atoms with E-state index >= 15 is 0 Å². The number of hydrogen-bond acceptors (Lipinski definition) is 8. The van der Waals surface area contributed by atoms with Crippen molar-refractivity contribution in [3.8, 4) is 0 Å². The van der Waals surface area contributed by atoms with E-state index in [1.807, 2.05) is 24.0 Å². The van der Waals surface area contributed by atoms with Gasteiger partial charge in [0.25, 0.3) is 11.5 Å². The Bertz CT molecular complexity index is 1380. The molecule has 2 amide bonds. The minimum Gasteiger partial charge on any atom is -0.450 e. The second-order valence-corrected chi connectivity index (χ2v) is 13.0. The quantitative estimate of drug-likeness (QED) is 0.135. The third-order valence-electron chi connectivity index (χ3n) is 7.97. The van der Waals surface area contributed by atoms with E-state index in [9.17, 15) is 14.4 Å². The predicted octanol–water partition coefficient (Wildman–Crippen LogP) is 6.40. The Balaban J connectivity index is 1.46. The van der Waals surface area contributed by atoms with Gasteiger partial charge in [-0.2, -0.15) is 0 Å². The molecule has 2 aliphatic heterocycles. The van der Waals surface area contributed by atoms with Gasteiger partial charge in [0, 0.05) is 38.9 Å². The van der Waals surface area contributed by atoms with E-state index in [0.29, 0.717) is 65.6 Å². The normalized spacial score (nSPS) is 16.6. The molecule has 0 N–H and O–H groups in total. The molecule has 2 aliphatic rings. The molecule has 234 valence electrons. The van der Waals surface area contributed by atoms with E-state index in [2.05, 4.69) is 6.92 Å². The zero-order valence-corrected chi connectivity index (χ0v) is 27.4. The highest BCUT2D eigenvalue weighted by molar-refractivity contribution is 8.26. The van der Waals surface area contributed by atoms with Crippen molar-refractivity contribution < 1.29 is 14.3 Å². The molecule has 2 saturated heterocycles. The van der Waals surface area contributed by atoms with Gasteiger partial charge in [-0.25, -0.2) is 9.78 Å². The van der Waals surface area contributed by atoms with Crippen LogP contribution >= 0.6 is 24.0 Å². The fraction of sp³-hybridized carbons (Fsp3) is 0.594. The number of fused-ring (bicyclic) bond motifs is 1. The molecule has 0 atom stereocenters. The van der Waals surface area contributed by atoms with Crippen LogP contribution in [0.15, 0.2) is 28.0 Å². The Kier molecular flexibility index (Phi) is 12.5. The third-order valence-corrected chi connectivity index (χ3v) is 9.35. The topological polar surface area (TPSA) is 87.5 Å². The molecule has 2 aromatic rings. The van der Waals surface area contributed by atoms with Crippen LogP contribution < -0.4 is 10.5 Å². The smallest absolute Gasteiger partial charge is 0.409 e. The molecule has 43 heavy (non-hydrogen) atoms. The number of unbranched alkanes of at least 4 members (excludes halogenated alkanes) is 9. The summed E-state index contributed by atoms with van der Waals surface area (Å²) in [6.45, 7) is 8.76. The number of aromatic nitrogens is 2. The van der Waals surface area contributed by atoms with Crippen molar-refractivity contribution in [2.45, 2.75) is 85.0 Å². The number of pyridine rings is 1. The van der Waals surface area contributed by atoms with Crippen LogP contribution in [0.3, 0.4) is 0 Å². The van der Waals surface area contributed by atoms with Crippen molar-refractivity contribution in [1.29, 1.82) is 0 Å². The minimum absolute atomic E-state index is 0.155. The lowest BCUT2D eigenvalue weighted by molar-refractivity contribution is -0.122. The highest BCUT2D eigenvalue weighted by Gasteiger charge is 2.33. The van der Waals surface area contributed by atoms with Crippen LogP contribution in [0, 0.1) is 6.92 Å². The molecule has 0 spiro atoms. The number of aryl methyl sites for hydroxylation is 1. The number of ether oxygens (including phenoxy) is 1. The van der Waals surface area contributed by atoms with Crippen LogP contribution in [0.1, 0.15) is 89.2 Å². The number of anilines is 1. The maximum Gasteiger partial charge on any atom is 0.409 e. The average Bonchev–Trinajstić information content (AvgIpc) is 3.27. The van der Waals surface area contributed by atoms with Gasteiger partial charge in [0.15, 0.2) is 0 Å². The number of amides is 2. The molecule has 11 heteroatoms. The third kappa shape index (κ3) is 8.59. The van der Waals surface area contributed by atoms with Gasteiger partial charge in [-0.1, -0.05) is 94.8 Å². The molecule has 0 aromatic carbocycles. The summed E-state index contributed by atoms with van der Waals surface area (Å²) >= 11 is 6.84. The molecule has 2 fully saturated rings. The van der Waals surface area contributed by atoms with E-state index in [1.165, 1.54) is 67.5 Å². The molecule has 0 saturated carbocycles. The van der Waals surface area contributed by atoms with Gasteiger partial charge in [0.05, 0.1) is 17.1 Å². The second-order valence-electron chi connectivity index (χ2n) is 11.3. The number of rotatable bonds is 14. The fourth-order valence-corrected chi connectivity index (χ4v) is 6.80. The molecular weight excluding hydrogens is 583 g/mol. The first-order valence-electron chi connectivity index (χ1n) is 15.8. The Labute approximate surface area is 264 Å². The molecule has 0 bridgehead atoms. The highest BCUT2D eigenvalue weighted by atomic mass is 32.2. The molecule has 2 aromatic heterocycles. The van der Waals surface area contributed by atoms with Gasteiger partial charge in [-0.3, -0.25) is 18.9 Å². The van der Waals surface area contributed by atoms with Crippen LogP contribution in [-0.2, 0) is 9.53 Å². The first kappa shape index (κ1) is 33.0. The van der Waals surface area contributed by atoms with E-state index in [0.717, 1.165) is 18.4 Å². The number of carbonyl (C=O) groups is 2. The van der Waals surface area contributed by atoms with Crippen molar-refractivity contribution in [3.05, 3.63) is 44.7 Å². The van der Waals surface area contributed by atoms with E-state index in [1.54, 1.807) is 29.0 Å². The lowest BCUT2D eigenvalue weighted by Gasteiger charge is -2.35. The number of hydrogen-bond donors (Lipinski definition) is 0. The summed E-state index contributed by atoms with van der Waals surface area (Å²) < 4.78 is 7.22. The van der Waals surface area contributed by atoms with Crippen LogP contribution in [-0.4, -0.2) is 74.8 Å². The van der Waals surface area contributed by atoms with Crippen molar-refractivity contribution in [1.82, 2.24) is 19.2 Å². The number of nitrogens with zero attached hydrogens (tertiary/aromatic N) is 5. The Hall–Kier alpha value is -2.92. The fourth-order valence-electron chi connectivity index (χ4n) is 5.51. The zero-order chi connectivity index (χ0) is 30.8. The first-order chi connectivity index (χ1) is 20.8. The standard InChI is InChI=1S/C32H45N5O4S2/c1-4-6-7-8-9-10-11-12-13-14-17-36-30(39)26(43-32(36)42)22-25-28(33-27-16-15-24(3)23-37(27)29(25)38)34-18-20-35(21-19-34)31(40)41-5-2/h15-16,22-23H,4-14,17-21H2,1-3H3/b26-22+. The molecule has 4 heterocycles. The minimum atomic E-state index is -0.338. The monoisotopic (exact) mass is 627 g/mol. The summed E-state index contributed by atoms with van der Waals surface area (Å²) in [7, 11) is 0. The van der Waals surface area contributed by atoms with Crippen molar-refractivity contribution in [2.24, 2.45) is 0 Å². The number of piperazine rings is 1. The van der Waals surface area contributed by atoms with Gasteiger partial charge < -0.3 is 14.5 Å². The summed E-state index contributed by atoms with van der Waals surface area (Å²) in [5.41, 5.74) is 1.58. The summed E-state index contributed by atoms with van der Waals surface area (Å²) in [6, 6.07) is 3.74. The van der Waals surface area contributed by atoms with E-state index in [4.69, 9.17) is 21.9 Å². The summed E-state index contributed by atoms with van der Waals surface area (Å²) in [6.07, 6.45) is 15.3. The maximum atomic E-state index is 13.8. The largest absolute Gasteiger partial charge is 0.450 e. The first-order valence-corrected chi connectivity index (χ1v) is 17.0. The summed E-state index contributed by atoms with van der Waals surface area (Å²) in [4.78, 5) is 50.2. The number of carbonyl (C=O) groups excluding carboxylic acids is 2. The number of thiocarbonyl (C=S) groups is 1. The van der Waals surface area contributed by atoms with Gasteiger partial charge >= 0.3 is 6.09 Å². The van der Waals surface area contributed by atoms with Crippen molar-refractivity contribution >= 4 is 57.8 Å². The lowest BCUT2D eigenvalue weighted by atomic mass is 10.1. The van der Waals surface area contributed by atoms with E-state index in [-0.39, 0.29) is 17.6 Å². The SMILES string of the molecule is CCCCCCCCCCCCN1C(=O)/C(=C\c2c(N3CCN(C(=O)OCC)CC3)nc3ccc(C)cn3c2=O)SC1=S. The van der Waals surface area contributed by atoms with Crippen molar-refractivity contribution in [3.63, 3.8) is 0 Å².